The number of methoxy groups -OCH3 is 1. The van der Waals surface area contributed by atoms with Crippen LogP contribution in [0.25, 0.3) is 22.3 Å². The zero-order valence-electron chi connectivity index (χ0n) is 23.0. The lowest BCUT2D eigenvalue weighted by molar-refractivity contribution is 0.0950. The van der Waals surface area contributed by atoms with Crippen LogP contribution in [0.2, 0.25) is 0 Å². The molecule has 0 aliphatic carbocycles. The maximum Gasteiger partial charge on any atom is 0.251 e. The van der Waals surface area contributed by atoms with Crippen LogP contribution in [0.4, 0.5) is 5.82 Å². The molecular weight excluding hydrogens is 542 g/mol. The highest BCUT2D eigenvalue weighted by Gasteiger charge is 2.26. The predicted molar refractivity (Wildman–Crippen MR) is 154 cm³/mol. The summed E-state index contributed by atoms with van der Waals surface area (Å²) in [6, 6.07) is 14.8. The minimum Gasteiger partial charge on any atom is -0.383 e. The third kappa shape index (κ3) is 5.52. The van der Waals surface area contributed by atoms with Crippen molar-refractivity contribution in [3.05, 3.63) is 77.1 Å². The van der Waals surface area contributed by atoms with E-state index >= 15 is 0 Å². The fourth-order valence-corrected chi connectivity index (χ4v) is 6.72. The van der Waals surface area contributed by atoms with Crippen LogP contribution in [-0.4, -0.2) is 68.4 Å². The number of rotatable bonds is 6. The summed E-state index contributed by atoms with van der Waals surface area (Å²) in [6.45, 7) is 1.16. The Morgan fingerprint density at radius 1 is 1.10 bits per heavy atom. The number of anilines is 1. The van der Waals surface area contributed by atoms with Gasteiger partial charge in [-0.1, -0.05) is 12.1 Å². The van der Waals surface area contributed by atoms with Gasteiger partial charge in [-0.3, -0.25) is 9.78 Å². The summed E-state index contributed by atoms with van der Waals surface area (Å²) >= 11 is 0. The van der Waals surface area contributed by atoms with E-state index < -0.39 is 9.84 Å². The quantitative estimate of drug-likeness (QED) is 0.370. The van der Waals surface area contributed by atoms with Crippen molar-refractivity contribution in [2.24, 2.45) is 0 Å². The van der Waals surface area contributed by atoms with Crippen molar-refractivity contribution in [2.75, 3.05) is 38.0 Å². The molecule has 2 aliphatic rings. The Labute approximate surface area is 238 Å². The Bertz CT molecular complexity index is 1740. The molecule has 1 atom stereocenters. The van der Waals surface area contributed by atoms with Gasteiger partial charge in [-0.05, 0) is 60.4 Å². The maximum absolute atomic E-state index is 12.9. The minimum absolute atomic E-state index is 0.104. The third-order valence-corrected chi connectivity index (χ3v) is 9.44. The molecule has 1 aromatic carbocycles. The lowest BCUT2D eigenvalue weighted by atomic mass is 9.99. The number of carbonyl (C=O) groups is 1. The smallest absolute Gasteiger partial charge is 0.251 e. The number of ether oxygens (including phenoxy) is 2. The van der Waals surface area contributed by atoms with Gasteiger partial charge in [0.2, 0.25) is 0 Å². The van der Waals surface area contributed by atoms with E-state index in [2.05, 4.69) is 28.3 Å². The molecule has 1 N–H and O–H groups in total. The van der Waals surface area contributed by atoms with Crippen molar-refractivity contribution in [3.63, 3.8) is 0 Å². The van der Waals surface area contributed by atoms with E-state index in [1.54, 1.807) is 25.4 Å². The summed E-state index contributed by atoms with van der Waals surface area (Å²) in [6.07, 6.45) is 3.72. The molecule has 0 unspecified atom stereocenters. The molecule has 2 aliphatic heterocycles. The van der Waals surface area contributed by atoms with Gasteiger partial charge in [-0.15, -0.1) is 0 Å². The van der Waals surface area contributed by atoms with Crippen molar-refractivity contribution in [1.29, 1.82) is 0 Å². The minimum atomic E-state index is -3.51. The van der Waals surface area contributed by atoms with Crippen LogP contribution < -0.4 is 10.2 Å². The molecule has 1 amide bonds. The summed E-state index contributed by atoms with van der Waals surface area (Å²) in [4.78, 5) is 29.5. The first-order chi connectivity index (χ1) is 19.8. The second-order valence-electron chi connectivity index (χ2n) is 10.4. The number of hydrogen-bond donors (Lipinski definition) is 1. The van der Waals surface area contributed by atoms with E-state index in [1.807, 2.05) is 24.3 Å². The molecule has 41 heavy (non-hydrogen) atoms. The van der Waals surface area contributed by atoms with Gasteiger partial charge in [0, 0.05) is 31.3 Å². The lowest BCUT2D eigenvalue weighted by Crippen LogP contribution is -2.39. The fourth-order valence-electron chi connectivity index (χ4n) is 5.33. The summed E-state index contributed by atoms with van der Waals surface area (Å²) in [5.41, 5.74) is 4.95. The zero-order valence-corrected chi connectivity index (χ0v) is 23.8. The van der Waals surface area contributed by atoms with Crippen molar-refractivity contribution < 1.29 is 22.7 Å². The lowest BCUT2D eigenvalue weighted by Gasteiger charge is -2.34. The van der Waals surface area contributed by atoms with E-state index in [1.165, 1.54) is 11.6 Å². The highest BCUT2D eigenvalue weighted by Crippen LogP contribution is 2.31. The Morgan fingerprint density at radius 2 is 1.90 bits per heavy atom. The molecule has 0 saturated heterocycles. The molecule has 0 spiro atoms. The van der Waals surface area contributed by atoms with Gasteiger partial charge in [0.25, 0.3) is 5.91 Å². The molecule has 0 bridgehead atoms. The van der Waals surface area contributed by atoms with Crippen LogP contribution in [0.15, 0.2) is 59.6 Å². The van der Waals surface area contributed by atoms with Gasteiger partial charge >= 0.3 is 0 Å². The third-order valence-electron chi connectivity index (χ3n) is 7.68. The molecule has 6 rings (SSSR count). The van der Waals surface area contributed by atoms with Crippen LogP contribution in [0.5, 0.6) is 0 Å². The fraction of sp³-hybridized carbons (Fsp3) is 0.333. The number of hydrogen-bond acceptors (Lipinski definition) is 9. The van der Waals surface area contributed by atoms with Gasteiger partial charge < -0.3 is 19.7 Å². The first kappa shape index (κ1) is 27.3. The van der Waals surface area contributed by atoms with Crippen molar-refractivity contribution in [2.45, 2.75) is 36.9 Å². The Morgan fingerprint density at radius 3 is 2.76 bits per heavy atom. The molecule has 4 aromatic rings. The summed E-state index contributed by atoms with van der Waals surface area (Å²) < 4.78 is 35.9. The molecule has 10 nitrogen and oxygen atoms in total. The summed E-state index contributed by atoms with van der Waals surface area (Å²) in [5.74, 6) is 0.465. The van der Waals surface area contributed by atoms with Gasteiger partial charge in [0.1, 0.15) is 5.82 Å². The van der Waals surface area contributed by atoms with Gasteiger partial charge in [-0.25, -0.2) is 18.4 Å². The van der Waals surface area contributed by atoms with Crippen molar-refractivity contribution >= 4 is 32.5 Å². The molecule has 11 heteroatoms. The van der Waals surface area contributed by atoms with E-state index in [0.717, 1.165) is 41.0 Å². The number of benzene rings is 1. The Balaban J connectivity index is 1.21. The van der Waals surface area contributed by atoms with Crippen LogP contribution in [0, 0.1) is 0 Å². The SMILES string of the molecule is COC[C@@H]1CCc2ccc(-c3ccc4cnc(CNC(=O)c5ccc6c(c5)S(=O)(=O)CCOC6)cc4n3)nc2N1C. The van der Waals surface area contributed by atoms with E-state index in [-0.39, 0.29) is 47.9 Å². The van der Waals surface area contributed by atoms with E-state index in [0.29, 0.717) is 17.9 Å². The van der Waals surface area contributed by atoms with E-state index in [9.17, 15) is 13.2 Å². The van der Waals surface area contributed by atoms with Crippen LogP contribution in [0.3, 0.4) is 0 Å². The molecule has 0 radical (unpaired) electrons. The largest absolute Gasteiger partial charge is 0.383 e. The Kier molecular flexibility index (Phi) is 7.41. The average molecular weight is 574 g/mol. The molecule has 5 heterocycles. The van der Waals surface area contributed by atoms with Crippen LogP contribution >= 0.6 is 0 Å². The highest BCUT2D eigenvalue weighted by molar-refractivity contribution is 7.91. The molecule has 0 saturated carbocycles. The zero-order chi connectivity index (χ0) is 28.6. The molecule has 0 fully saturated rings. The van der Waals surface area contributed by atoms with Crippen LogP contribution in [-0.2, 0) is 38.9 Å². The van der Waals surface area contributed by atoms with Crippen molar-refractivity contribution in [3.8, 4) is 11.4 Å². The number of nitrogens with zero attached hydrogens (tertiary/aromatic N) is 4. The Hall–Kier alpha value is -3.93. The van der Waals surface area contributed by atoms with Gasteiger partial charge in [0.15, 0.2) is 9.84 Å². The number of aryl methyl sites for hydroxylation is 1. The average Bonchev–Trinajstić information content (AvgIpc) is 3.14. The number of nitrogens with one attached hydrogen (secondary N) is 1. The standard InChI is InChI=1S/C30H31N5O5S/c1-35-24(18-39-2)8-5-19-6-9-26(34-29(19)35)25-10-7-21-15-31-23(14-27(21)33-25)16-32-30(36)20-3-4-22-17-40-11-12-41(37,38)28(22)13-20/h3-4,6-7,9-10,13-15,24H,5,8,11-12,16-18H2,1-2H3,(H,32,36)/t24-/m0/s1. The second kappa shape index (κ2) is 11.2. The van der Waals surface area contributed by atoms with Crippen LogP contribution in [0.1, 0.15) is 33.6 Å². The normalized spacial score (nSPS) is 17.9. The monoisotopic (exact) mass is 573 g/mol. The van der Waals surface area contributed by atoms with Gasteiger partial charge in [-0.2, -0.15) is 0 Å². The van der Waals surface area contributed by atoms with Crippen molar-refractivity contribution in [1.82, 2.24) is 20.3 Å². The molecule has 212 valence electrons. The first-order valence-corrected chi connectivity index (χ1v) is 15.2. The number of sulfone groups is 1. The second-order valence-corrected chi connectivity index (χ2v) is 12.5. The first-order valence-electron chi connectivity index (χ1n) is 13.5. The van der Waals surface area contributed by atoms with E-state index in [4.69, 9.17) is 19.4 Å². The number of carbonyl (C=O) groups excluding carboxylic acids is 1. The number of likely N-dealkylation sites (N-methyl/N-ethyl adjacent to an activating group) is 1. The highest BCUT2D eigenvalue weighted by atomic mass is 32.2. The summed E-state index contributed by atoms with van der Waals surface area (Å²) in [7, 11) is 0.268. The maximum atomic E-state index is 12.9. The van der Waals surface area contributed by atoms with Gasteiger partial charge in [0.05, 0.1) is 65.7 Å². The molecular formula is C30H31N5O5S. The summed E-state index contributed by atoms with van der Waals surface area (Å²) in [5, 5.41) is 3.72. The number of amides is 1. The predicted octanol–water partition coefficient (Wildman–Crippen LogP) is 3.32. The number of pyridine rings is 3. The molecule has 3 aromatic heterocycles. The topological polar surface area (TPSA) is 124 Å². The number of fused-ring (bicyclic) bond motifs is 3. The number of aromatic nitrogens is 3.